The highest BCUT2D eigenvalue weighted by atomic mass is 35.5. The summed E-state index contributed by atoms with van der Waals surface area (Å²) in [5, 5.41) is 0. The average Bonchev–Trinajstić information content (AvgIpc) is 2.41. The van der Waals surface area contributed by atoms with Gasteiger partial charge in [0.2, 0.25) is 10.0 Å². The van der Waals surface area contributed by atoms with Crippen LogP contribution in [-0.4, -0.2) is 37.5 Å². The summed E-state index contributed by atoms with van der Waals surface area (Å²) in [7, 11) is -4.81. The van der Waals surface area contributed by atoms with E-state index in [0.717, 1.165) is 0 Å². The molecule has 1 fully saturated rings. The lowest BCUT2D eigenvalue weighted by Gasteiger charge is -2.38. The minimum atomic E-state index is -4.81. The molecule has 0 saturated carbocycles. The van der Waals surface area contributed by atoms with Gasteiger partial charge in [0.15, 0.2) is 0 Å². The number of halogens is 6. The molecule has 1 aliphatic rings. The van der Waals surface area contributed by atoms with Crippen LogP contribution in [0.1, 0.15) is 18.4 Å². The zero-order valence-corrected chi connectivity index (χ0v) is 14.1. The van der Waals surface area contributed by atoms with Gasteiger partial charge in [-0.05, 0) is 31.4 Å². The van der Waals surface area contributed by atoms with Crippen molar-refractivity contribution in [1.82, 2.24) is 4.31 Å². The largest absolute Gasteiger partial charge is 0.405 e. The summed E-state index contributed by atoms with van der Waals surface area (Å²) < 4.78 is 91.6. The number of hydrogen-bond donors (Lipinski definition) is 1. The van der Waals surface area contributed by atoms with Crippen molar-refractivity contribution >= 4 is 22.4 Å². The molecule has 1 heterocycles. The number of nitrogens with zero attached hydrogens (tertiary/aromatic N) is 1. The number of piperidine rings is 1. The Balaban J connectivity index is 0.00000288. The van der Waals surface area contributed by atoms with Crippen LogP contribution >= 0.6 is 12.4 Å². The molecule has 0 radical (unpaired) electrons. The lowest BCUT2D eigenvalue weighted by atomic mass is 10.0. The topological polar surface area (TPSA) is 63.4 Å². The Kier molecular flexibility index (Phi) is 6.24. The lowest BCUT2D eigenvalue weighted by molar-refractivity contribution is -0.178. The molecule has 2 unspecified atom stereocenters. The van der Waals surface area contributed by atoms with Crippen molar-refractivity contribution in [3.05, 3.63) is 29.3 Å². The van der Waals surface area contributed by atoms with Crippen LogP contribution in [0.2, 0.25) is 0 Å². The fourth-order valence-electron chi connectivity index (χ4n) is 2.51. The Hall–Kier alpha value is -0.970. The fraction of sp³-hybridized carbons (Fsp3) is 0.538. The molecule has 0 aliphatic carbocycles. The van der Waals surface area contributed by atoms with Crippen LogP contribution in [0.3, 0.4) is 0 Å². The van der Waals surface area contributed by atoms with Gasteiger partial charge in [-0.1, -0.05) is 0 Å². The molecular weight excluding hydrogens is 379 g/mol. The Labute approximate surface area is 142 Å². The summed E-state index contributed by atoms with van der Waals surface area (Å²) >= 11 is 0. The fourth-order valence-corrected chi connectivity index (χ4v) is 4.34. The maximum absolute atomic E-state index is 13.8. The van der Waals surface area contributed by atoms with Gasteiger partial charge in [-0.2, -0.15) is 17.5 Å². The SMILES string of the molecule is Cc1cc(S(=O)(=O)N2CC(N)CCC2C(F)(F)F)c(F)cc1F.Cl. The minimum absolute atomic E-state index is 0. The van der Waals surface area contributed by atoms with Gasteiger partial charge >= 0.3 is 6.18 Å². The quantitative estimate of drug-likeness (QED) is 0.784. The molecule has 1 aromatic rings. The van der Waals surface area contributed by atoms with Gasteiger partial charge in [-0.15, -0.1) is 12.4 Å². The summed E-state index contributed by atoms with van der Waals surface area (Å²) in [5.74, 6) is -2.42. The molecule has 11 heteroatoms. The first-order valence-corrected chi connectivity index (χ1v) is 8.18. The van der Waals surface area contributed by atoms with E-state index < -0.39 is 57.8 Å². The molecule has 24 heavy (non-hydrogen) atoms. The Bertz CT molecular complexity index is 711. The normalized spacial score (nSPS) is 23.0. The number of aryl methyl sites for hydroxylation is 1. The zero-order valence-electron chi connectivity index (χ0n) is 12.5. The van der Waals surface area contributed by atoms with Crippen molar-refractivity contribution in [3.8, 4) is 0 Å². The van der Waals surface area contributed by atoms with Gasteiger partial charge in [0, 0.05) is 18.7 Å². The van der Waals surface area contributed by atoms with Gasteiger partial charge in [0.1, 0.15) is 22.6 Å². The Morgan fingerprint density at radius 2 is 1.75 bits per heavy atom. The summed E-state index contributed by atoms with van der Waals surface area (Å²) in [4.78, 5) is -0.986. The number of benzene rings is 1. The second kappa shape index (κ2) is 7.11. The molecule has 2 rings (SSSR count). The van der Waals surface area contributed by atoms with E-state index in [-0.39, 0.29) is 28.7 Å². The van der Waals surface area contributed by atoms with Crippen LogP contribution in [0.5, 0.6) is 0 Å². The van der Waals surface area contributed by atoms with E-state index in [1.807, 2.05) is 0 Å². The highest BCUT2D eigenvalue weighted by Gasteiger charge is 2.50. The van der Waals surface area contributed by atoms with Gasteiger partial charge in [0.25, 0.3) is 0 Å². The van der Waals surface area contributed by atoms with Gasteiger partial charge in [-0.3, -0.25) is 0 Å². The van der Waals surface area contributed by atoms with Crippen LogP contribution in [0, 0.1) is 18.6 Å². The first-order chi connectivity index (χ1) is 10.4. The second-order valence-corrected chi connectivity index (χ2v) is 7.36. The third kappa shape index (κ3) is 3.98. The number of hydrogen-bond acceptors (Lipinski definition) is 3. The van der Waals surface area contributed by atoms with E-state index in [1.165, 1.54) is 6.92 Å². The van der Waals surface area contributed by atoms with Crippen molar-refractivity contribution in [2.45, 2.75) is 42.9 Å². The van der Waals surface area contributed by atoms with Crippen molar-refractivity contribution in [1.29, 1.82) is 0 Å². The lowest BCUT2D eigenvalue weighted by Crippen LogP contribution is -2.56. The Morgan fingerprint density at radius 1 is 1.17 bits per heavy atom. The number of sulfonamides is 1. The standard InChI is InChI=1S/C13H15F5N2O2S.ClH/c1-7-4-11(10(15)5-9(7)14)23(21,22)20-6-8(19)2-3-12(20)13(16,17)18;/h4-5,8,12H,2-3,6,19H2,1H3;1H. The molecule has 1 aromatic carbocycles. The van der Waals surface area contributed by atoms with E-state index in [9.17, 15) is 30.4 Å². The molecular formula is C13H16ClF5N2O2S. The Morgan fingerprint density at radius 3 is 2.29 bits per heavy atom. The molecule has 138 valence electrons. The van der Waals surface area contributed by atoms with E-state index >= 15 is 0 Å². The van der Waals surface area contributed by atoms with E-state index in [0.29, 0.717) is 12.1 Å². The second-order valence-electron chi connectivity index (χ2n) is 5.50. The zero-order chi connectivity index (χ0) is 17.6. The van der Waals surface area contributed by atoms with Crippen molar-refractivity contribution < 1.29 is 30.4 Å². The van der Waals surface area contributed by atoms with Crippen LogP contribution in [0.15, 0.2) is 17.0 Å². The van der Waals surface area contributed by atoms with Gasteiger partial charge < -0.3 is 5.73 Å². The molecule has 0 amide bonds. The third-order valence-corrected chi connectivity index (χ3v) is 5.64. The first-order valence-electron chi connectivity index (χ1n) is 6.74. The van der Waals surface area contributed by atoms with E-state index in [1.54, 1.807) is 0 Å². The first kappa shape index (κ1) is 21.1. The van der Waals surface area contributed by atoms with Gasteiger partial charge in [0.05, 0.1) is 0 Å². The molecule has 0 bridgehead atoms. The van der Waals surface area contributed by atoms with Crippen LogP contribution in [0.4, 0.5) is 22.0 Å². The monoisotopic (exact) mass is 394 g/mol. The number of rotatable bonds is 2. The third-order valence-electron chi connectivity index (χ3n) is 3.75. The maximum atomic E-state index is 13.8. The van der Waals surface area contributed by atoms with E-state index in [4.69, 9.17) is 5.73 Å². The predicted molar refractivity (Wildman–Crippen MR) is 79.3 cm³/mol. The highest BCUT2D eigenvalue weighted by molar-refractivity contribution is 7.89. The number of alkyl halides is 3. The molecule has 0 spiro atoms. The summed E-state index contributed by atoms with van der Waals surface area (Å²) in [6.45, 7) is 0.610. The summed E-state index contributed by atoms with van der Waals surface area (Å²) in [5.41, 5.74) is 5.38. The molecule has 4 nitrogen and oxygen atoms in total. The van der Waals surface area contributed by atoms with E-state index in [2.05, 4.69) is 0 Å². The summed E-state index contributed by atoms with van der Waals surface area (Å²) in [6, 6.07) is -2.03. The molecule has 2 atom stereocenters. The van der Waals surface area contributed by atoms with Crippen molar-refractivity contribution in [2.24, 2.45) is 5.73 Å². The van der Waals surface area contributed by atoms with Gasteiger partial charge in [-0.25, -0.2) is 17.2 Å². The molecule has 0 aromatic heterocycles. The van der Waals surface area contributed by atoms with Crippen LogP contribution in [0.25, 0.3) is 0 Å². The molecule has 1 aliphatic heterocycles. The molecule has 2 N–H and O–H groups in total. The minimum Gasteiger partial charge on any atom is -0.327 e. The van der Waals surface area contributed by atoms with Crippen LogP contribution in [-0.2, 0) is 10.0 Å². The smallest absolute Gasteiger partial charge is 0.327 e. The van der Waals surface area contributed by atoms with Crippen molar-refractivity contribution in [2.75, 3.05) is 6.54 Å². The maximum Gasteiger partial charge on any atom is 0.405 e. The summed E-state index contributed by atoms with van der Waals surface area (Å²) in [6.07, 6.45) is -5.31. The van der Waals surface area contributed by atoms with Crippen molar-refractivity contribution in [3.63, 3.8) is 0 Å². The average molecular weight is 395 g/mol. The molecule has 1 saturated heterocycles. The highest BCUT2D eigenvalue weighted by Crippen LogP contribution is 2.36. The number of nitrogens with two attached hydrogens (primary N) is 1. The van der Waals surface area contributed by atoms with Crippen LogP contribution < -0.4 is 5.73 Å². The predicted octanol–water partition coefficient (Wildman–Crippen LogP) is 2.74.